The minimum Gasteiger partial charge on any atom is -0.115 e. The number of hydrogen-bond donors (Lipinski definition) is 0. The van der Waals surface area contributed by atoms with Crippen LogP contribution in [-0.2, 0) is 0 Å². The lowest BCUT2D eigenvalue weighted by molar-refractivity contribution is 0.627. The predicted molar refractivity (Wildman–Crippen MR) is 51.2 cm³/mol. The monoisotopic (exact) mass is 148 g/mol. The van der Waals surface area contributed by atoms with Crippen molar-refractivity contribution in [2.45, 2.75) is 27.2 Å². The first-order valence-electron chi connectivity index (χ1n) is 3.59. The van der Waals surface area contributed by atoms with Crippen molar-refractivity contribution in [2.24, 2.45) is 5.92 Å². The number of rotatable bonds is 1. The summed E-state index contributed by atoms with van der Waals surface area (Å²) in [5, 5.41) is 0. The van der Waals surface area contributed by atoms with Gasteiger partial charge in [0.15, 0.2) is 0 Å². The molecular weight excluding hydrogens is 132 g/mol. The molecule has 60 valence electrons. The first-order chi connectivity index (χ1) is 4.77. The highest BCUT2D eigenvalue weighted by Crippen LogP contribution is 2.30. The first kappa shape index (κ1) is 10.0. The van der Waals surface area contributed by atoms with Crippen molar-refractivity contribution in [3.8, 4) is 12.3 Å². The molecule has 1 rings (SSSR count). The predicted octanol–water partition coefficient (Wildman–Crippen LogP) is 3.17. The van der Waals surface area contributed by atoms with Gasteiger partial charge in [-0.05, 0) is 24.3 Å². The van der Waals surface area contributed by atoms with Gasteiger partial charge in [0, 0.05) is 5.57 Å². The topological polar surface area (TPSA) is 0 Å². The van der Waals surface area contributed by atoms with E-state index in [4.69, 9.17) is 6.42 Å². The molecule has 0 bridgehead atoms. The molecule has 0 saturated carbocycles. The van der Waals surface area contributed by atoms with E-state index in [0.29, 0.717) is 0 Å². The fourth-order valence-corrected chi connectivity index (χ4v) is 1.41. The van der Waals surface area contributed by atoms with Crippen molar-refractivity contribution in [1.82, 2.24) is 0 Å². The zero-order chi connectivity index (χ0) is 7.56. The van der Waals surface area contributed by atoms with E-state index in [1.54, 1.807) is 0 Å². The average Bonchev–Trinajstić information content (AvgIpc) is 2.30. The van der Waals surface area contributed by atoms with Crippen LogP contribution in [-0.4, -0.2) is 0 Å². The highest BCUT2D eigenvalue weighted by molar-refractivity contribution is 5.40. The molecule has 11 heavy (non-hydrogen) atoms. The normalized spacial score (nSPS) is 22.4. The summed E-state index contributed by atoms with van der Waals surface area (Å²) >= 11 is 0. The molecule has 0 aromatic carbocycles. The van der Waals surface area contributed by atoms with E-state index >= 15 is 0 Å². The van der Waals surface area contributed by atoms with Gasteiger partial charge in [-0.15, -0.1) is 6.42 Å². The summed E-state index contributed by atoms with van der Waals surface area (Å²) in [4.78, 5) is 0. The molecule has 0 nitrogen and oxygen atoms in total. The molecule has 1 aliphatic carbocycles. The second-order valence-corrected chi connectivity index (χ2v) is 2.87. The molecule has 0 N–H and O–H groups in total. The van der Waals surface area contributed by atoms with Gasteiger partial charge in [-0.1, -0.05) is 32.9 Å². The quantitative estimate of drug-likeness (QED) is 0.501. The summed E-state index contributed by atoms with van der Waals surface area (Å²) in [6, 6.07) is 0. The molecule has 1 atom stereocenters. The van der Waals surface area contributed by atoms with E-state index in [1.165, 1.54) is 5.57 Å². The summed E-state index contributed by atoms with van der Waals surface area (Å²) < 4.78 is 0. The molecule has 0 radical (unpaired) electrons. The molecule has 0 spiro atoms. The van der Waals surface area contributed by atoms with Gasteiger partial charge in [0.1, 0.15) is 0 Å². The van der Waals surface area contributed by atoms with Gasteiger partial charge in [-0.2, -0.15) is 0 Å². The smallest absolute Gasteiger partial charge is 0.00522 e. The van der Waals surface area contributed by atoms with Crippen LogP contribution in [0.1, 0.15) is 27.2 Å². The van der Waals surface area contributed by atoms with Gasteiger partial charge in [-0.25, -0.2) is 0 Å². The maximum Gasteiger partial charge on any atom is 0.00522 e. The summed E-state index contributed by atoms with van der Waals surface area (Å²) in [5.41, 5.74) is 2.43. The Morgan fingerprint density at radius 3 is 2.64 bits per heavy atom. The fourth-order valence-electron chi connectivity index (χ4n) is 1.41. The number of terminal acetylenes is 1. The lowest BCUT2D eigenvalue weighted by atomic mass is 10.1. The second-order valence-electron chi connectivity index (χ2n) is 2.87. The zero-order valence-electron chi connectivity index (χ0n) is 6.35. The van der Waals surface area contributed by atoms with Crippen molar-refractivity contribution < 1.29 is 0 Å². The largest absolute Gasteiger partial charge is 0.115 e. The van der Waals surface area contributed by atoms with Gasteiger partial charge < -0.3 is 0 Å². The second kappa shape index (κ2) is 4.03. The van der Waals surface area contributed by atoms with E-state index in [2.05, 4.69) is 19.4 Å². The maximum absolute atomic E-state index is 5.31. The van der Waals surface area contributed by atoms with Crippen molar-refractivity contribution in [2.75, 3.05) is 0 Å². The molecule has 0 heterocycles. The number of hydrogen-bond acceptors (Lipinski definition) is 0. The van der Waals surface area contributed by atoms with Crippen LogP contribution in [0, 0.1) is 18.3 Å². The average molecular weight is 148 g/mol. The summed E-state index contributed by atoms with van der Waals surface area (Å²) in [7, 11) is 0. The maximum atomic E-state index is 5.31. The summed E-state index contributed by atoms with van der Waals surface area (Å²) in [5.74, 6) is 3.43. The van der Waals surface area contributed by atoms with E-state index in [9.17, 15) is 0 Å². The molecule has 1 unspecified atom stereocenters. The third-order valence-electron chi connectivity index (χ3n) is 1.93. The van der Waals surface area contributed by atoms with Crippen LogP contribution >= 0.6 is 0 Å². The lowest BCUT2D eigenvalue weighted by Gasteiger charge is -1.95. The molecule has 0 aliphatic heterocycles. The minimum absolute atomic E-state index is 0. The van der Waals surface area contributed by atoms with Gasteiger partial charge >= 0.3 is 0 Å². The Kier molecular flexibility index (Phi) is 3.68. The molecule has 0 aromatic rings. The number of allylic oxidation sites excluding steroid dienone is 3. The highest BCUT2D eigenvalue weighted by atomic mass is 14.2. The Labute approximate surface area is 70.0 Å². The van der Waals surface area contributed by atoms with Gasteiger partial charge in [0.05, 0.1) is 0 Å². The van der Waals surface area contributed by atoms with Crippen molar-refractivity contribution in [3.05, 3.63) is 23.8 Å². The van der Waals surface area contributed by atoms with Crippen molar-refractivity contribution in [3.63, 3.8) is 0 Å². The molecule has 0 saturated heterocycles. The van der Waals surface area contributed by atoms with Crippen LogP contribution < -0.4 is 0 Å². The van der Waals surface area contributed by atoms with Gasteiger partial charge in [-0.3, -0.25) is 0 Å². The van der Waals surface area contributed by atoms with Gasteiger partial charge in [0.25, 0.3) is 0 Å². The van der Waals surface area contributed by atoms with Crippen molar-refractivity contribution >= 4 is 0 Å². The molecule has 0 fully saturated rings. The van der Waals surface area contributed by atoms with Crippen LogP contribution in [0.4, 0.5) is 0 Å². The van der Waals surface area contributed by atoms with Crippen LogP contribution in [0.25, 0.3) is 0 Å². The Morgan fingerprint density at radius 2 is 2.27 bits per heavy atom. The molecule has 0 amide bonds. The zero-order valence-corrected chi connectivity index (χ0v) is 6.35. The van der Waals surface area contributed by atoms with Crippen LogP contribution in [0.2, 0.25) is 0 Å². The van der Waals surface area contributed by atoms with Crippen LogP contribution in [0.3, 0.4) is 0 Å². The Hall–Kier alpha value is -0.960. The van der Waals surface area contributed by atoms with E-state index < -0.39 is 0 Å². The Balaban J connectivity index is 0.000001000. The van der Waals surface area contributed by atoms with E-state index in [1.807, 2.05) is 6.08 Å². The van der Waals surface area contributed by atoms with Crippen molar-refractivity contribution in [1.29, 1.82) is 0 Å². The van der Waals surface area contributed by atoms with Crippen LogP contribution in [0.5, 0.6) is 0 Å². The summed E-state index contributed by atoms with van der Waals surface area (Å²) in [6.07, 6.45) is 9.38. The standard InChI is InChI=1S/C10H12.CH4/c1-4-9-6-8(3)7-10(9)5-2;/h1,5,8H,2,6-7H2,3H3;1H4. The van der Waals surface area contributed by atoms with Gasteiger partial charge in [0.2, 0.25) is 0 Å². The first-order valence-corrected chi connectivity index (χ1v) is 3.59. The molecular formula is C11H16. The Bertz CT molecular complexity index is 213. The third kappa shape index (κ3) is 1.98. The Morgan fingerprint density at radius 1 is 1.64 bits per heavy atom. The SMILES string of the molecule is C.C#CC1=C(C=C)CC(C)C1. The highest BCUT2D eigenvalue weighted by Gasteiger charge is 2.16. The van der Waals surface area contributed by atoms with Crippen LogP contribution in [0.15, 0.2) is 23.8 Å². The minimum atomic E-state index is 0. The third-order valence-corrected chi connectivity index (χ3v) is 1.93. The molecule has 1 aliphatic rings. The van der Waals surface area contributed by atoms with E-state index in [0.717, 1.165) is 24.3 Å². The lowest BCUT2D eigenvalue weighted by Crippen LogP contribution is -1.83. The molecule has 0 aromatic heterocycles. The van der Waals surface area contributed by atoms with E-state index in [-0.39, 0.29) is 7.43 Å². The summed E-state index contributed by atoms with van der Waals surface area (Å²) in [6.45, 7) is 5.94. The molecule has 0 heteroatoms. The fraction of sp³-hybridized carbons (Fsp3) is 0.455.